The molecule has 30 heavy (non-hydrogen) atoms. The van der Waals surface area contributed by atoms with Gasteiger partial charge in [-0.3, -0.25) is 19.7 Å². The molecule has 0 unspecified atom stereocenters. The fraction of sp³-hybridized carbons (Fsp3) is 0.304. The van der Waals surface area contributed by atoms with Crippen molar-refractivity contribution in [3.05, 3.63) is 75.0 Å². The van der Waals surface area contributed by atoms with Gasteiger partial charge in [-0.05, 0) is 62.4 Å². The van der Waals surface area contributed by atoms with Gasteiger partial charge in [0.1, 0.15) is 5.70 Å². The summed E-state index contributed by atoms with van der Waals surface area (Å²) in [5, 5.41) is 11.0. The van der Waals surface area contributed by atoms with E-state index in [1.54, 1.807) is 18.2 Å². The number of imide groups is 1. The SMILES string of the molecule is Cc1ccc(N2C(=O)C(c3ccc([N+](=O)[O-])cc3)=C(N3CCCCC3)C2=O)c(C)c1. The number of rotatable bonds is 4. The molecule has 0 N–H and O–H groups in total. The number of nitrogens with zero attached hydrogens (tertiary/aromatic N) is 3. The molecule has 7 nitrogen and oxygen atoms in total. The Hall–Kier alpha value is -3.48. The summed E-state index contributed by atoms with van der Waals surface area (Å²) in [7, 11) is 0. The van der Waals surface area contributed by atoms with Crippen LogP contribution in [-0.4, -0.2) is 34.7 Å². The van der Waals surface area contributed by atoms with Crippen LogP contribution in [0.3, 0.4) is 0 Å². The second-order valence-corrected chi connectivity index (χ2v) is 7.81. The molecule has 1 saturated heterocycles. The number of anilines is 1. The Morgan fingerprint density at radius 3 is 2.17 bits per heavy atom. The van der Waals surface area contributed by atoms with Crippen LogP contribution in [0.2, 0.25) is 0 Å². The monoisotopic (exact) mass is 405 g/mol. The minimum absolute atomic E-state index is 0.0538. The van der Waals surface area contributed by atoms with Gasteiger partial charge in [0.05, 0.1) is 16.2 Å². The maximum atomic E-state index is 13.5. The molecule has 2 heterocycles. The lowest BCUT2D eigenvalue weighted by atomic mass is 10.0. The highest BCUT2D eigenvalue weighted by Crippen LogP contribution is 2.37. The van der Waals surface area contributed by atoms with E-state index in [0.29, 0.717) is 35.6 Å². The number of hydrogen-bond donors (Lipinski definition) is 0. The van der Waals surface area contributed by atoms with Gasteiger partial charge in [0.25, 0.3) is 17.5 Å². The summed E-state index contributed by atoms with van der Waals surface area (Å²) in [6, 6.07) is 11.5. The van der Waals surface area contributed by atoms with Crippen molar-refractivity contribution < 1.29 is 14.5 Å². The van der Waals surface area contributed by atoms with Gasteiger partial charge >= 0.3 is 0 Å². The molecule has 2 aliphatic heterocycles. The van der Waals surface area contributed by atoms with Crippen LogP contribution in [0.4, 0.5) is 11.4 Å². The van der Waals surface area contributed by atoms with E-state index in [1.165, 1.54) is 17.0 Å². The molecule has 0 atom stereocenters. The minimum atomic E-state index is -0.479. The van der Waals surface area contributed by atoms with Gasteiger partial charge in [0, 0.05) is 25.2 Å². The number of piperidine rings is 1. The van der Waals surface area contributed by atoms with Crippen molar-refractivity contribution in [2.75, 3.05) is 18.0 Å². The lowest BCUT2D eigenvalue weighted by Crippen LogP contribution is -2.37. The highest BCUT2D eigenvalue weighted by atomic mass is 16.6. The number of hydrogen-bond acceptors (Lipinski definition) is 5. The van der Waals surface area contributed by atoms with Crippen molar-refractivity contribution in [2.45, 2.75) is 33.1 Å². The summed E-state index contributed by atoms with van der Waals surface area (Å²) >= 11 is 0. The number of amides is 2. The van der Waals surface area contributed by atoms with Crippen molar-refractivity contribution in [3.8, 4) is 0 Å². The molecule has 2 aromatic carbocycles. The van der Waals surface area contributed by atoms with Crippen molar-refractivity contribution >= 4 is 28.8 Å². The summed E-state index contributed by atoms with van der Waals surface area (Å²) in [5.41, 5.74) is 3.65. The number of likely N-dealkylation sites (tertiary alicyclic amines) is 1. The maximum absolute atomic E-state index is 13.5. The lowest BCUT2D eigenvalue weighted by molar-refractivity contribution is -0.384. The van der Waals surface area contributed by atoms with Crippen molar-refractivity contribution in [1.82, 2.24) is 4.90 Å². The molecule has 2 amide bonds. The predicted octanol–water partition coefficient (Wildman–Crippen LogP) is 3.98. The second-order valence-electron chi connectivity index (χ2n) is 7.81. The molecule has 2 aromatic rings. The number of nitro benzene ring substituents is 1. The second kappa shape index (κ2) is 7.74. The molecule has 0 saturated carbocycles. The first-order chi connectivity index (χ1) is 14.4. The van der Waals surface area contributed by atoms with Gasteiger partial charge in [-0.15, -0.1) is 0 Å². The van der Waals surface area contributed by atoms with Crippen LogP contribution in [-0.2, 0) is 9.59 Å². The van der Waals surface area contributed by atoms with Crippen LogP contribution in [0.5, 0.6) is 0 Å². The van der Waals surface area contributed by atoms with E-state index in [2.05, 4.69) is 0 Å². The zero-order valence-corrected chi connectivity index (χ0v) is 17.1. The molecule has 2 aliphatic rings. The summed E-state index contributed by atoms with van der Waals surface area (Å²) < 4.78 is 0. The Labute approximate surface area is 174 Å². The summed E-state index contributed by atoms with van der Waals surface area (Å²) in [6.45, 7) is 5.27. The average molecular weight is 405 g/mol. The quantitative estimate of drug-likeness (QED) is 0.436. The summed E-state index contributed by atoms with van der Waals surface area (Å²) in [6.07, 6.45) is 3.02. The Balaban J connectivity index is 1.83. The number of nitro groups is 1. The molecule has 0 radical (unpaired) electrons. The highest BCUT2D eigenvalue weighted by Gasteiger charge is 2.43. The molecule has 0 spiro atoms. The fourth-order valence-corrected chi connectivity index (χ4v) is 4.21. The largest absolute Gasteiger partial charge is 0.366 e. The van der Waals surface area contributed by atoms with E-state index in [4.69, 9.17) is 0 Å². The van der Waals surface area contributed by atoms with Crippen LogP contribution >= 0.6 is 0 Å². The molecule has 0 aromatic heterocycles. The number of aryl methyl sites for hydroxylation is 2. The third kappa shape index (κ3) is 3.36. The van der Waals surface area contributed by atoms with Gasteiger partial charge in [-0.2, -0.15) is 0 Å². The smallest absolute Gasteiger partial charge is 0.282 e. The molecule has 0 bridgehead atoms. The number of carbonyl (C=O) groups is 2. The molecule has 4 rings (SSSR count). The van der Waals surface area contributed by atoms with Crippen LogP contribution in [0.1, 0.15) is 36.0 Å². The third-order valence-electron chi connectivity index (χ3n) is 5.69. The Bertz CT molecular complexity index is 1070. The first kappa shape index (κ1) is 19.8. The van der Waals surface area contributed by atoms with Gasteiger partial charge in [-0.1, -0.05) is 17.7 Å². The van der Waals surface area contributed by atoms with Crippen molar-refractivity contribution in [2.24, 2.45) is 0 Å². The minimum Gasteiger partial charge on any atom is -0.366 e. The van der Waals surface area contributed by atoms with Gasteiger partial charge in [0.15, 0.2) is 0 Å². The van der Waals surface area contributed by atoms with Gasteiger partial charge in [-0.25, -0.2) is 4.90 Å². The van der Waals surface area contributed by atoms with E-state index < -0.39 is 4.92 Å². The number of carbonyl (C=O) groups excluding carboxylic acids is 2. The topological polar surface area (TPSA) is 83.8 Å². The number of non-ortho nitro benzene ring substituents is 1. The summed E-state index contributed by atoms with van der Waals surface area (Å²) in [5.74, 6) is -0.719. The van der Waals surface area contributed by atoms with Crippen molar-refractivity contribution in [1.29, 1.82) is 0 Å². The van der Waals surface area contributed by atoms with E-state index in [-0.39, 0.29) is 17.5 Å². The zero-order chi connectivity index (χ0) is 21.4. The van der Waals surface area contributed by atoms with Crippen LogP contribution < -0.4 is 4.90 Å². The lowest BCUT2D eigenvalue weighted by Gasteiger charge is -2.29. The Morgan fingerprint density at radius 2 is 1.57 bits per heavy atom. The van der Waals surface area contributed by atoms with E-state index in [1.807, 2.05) is 30.9 Å². The zero-order valence-electron chi connectivity index (χ0n) is 17.1. The molecule has 154 valence electrons. The molecule has 0 aliphatic carbocycles. The summed E-state index contributed by atoms with van der Waals surface area (Å²) in [4.78, 5) is 40.8. The van der Waals surface area contributed by atoms with E-state index in [0.717, 1.165) is 30.4 Å². The highest BCUT2D eigenvalue weighted by molar-refractivity contribution is 6.45. The molecule has 1 fully saturated rings. The maximum Gasteiger partial charge on any atom is 0.282 e. The van der Waals surface area contributed by atoms with E-state index in [9.17, 15) is 19.7 Å². The predicted molar refractivity (Wildman–Crippen MR) is 114 cm³/mol. The molecular formula is C23H23N3O4. The van der Waals surface area contributed by atoms with Crippen molar-refractivity contribution in [3.63, 3.8) is 0 Å². The normalized spacial score (nSPS) is 17.1. The number of benzene rings is 2. The van der Waals surface area contributed by atoms with Crippen LogP contribution in [0.25, 0.3) is 5.57 Å². The van der Waals surface area contributed by atoms with E-state index >= 15 is 0 Å². The fourth-order valence-electron chi connectivity index (χ4n) is 4.21. The first-order valence-corrected chi connectivity index (χ1v) is 10.1. The van der Waals surface area contributed by atoms with Gasteiger partial charge < -0.3 is 4.90 Å². The average Bonchev–Trinajstić information content (AvgIpc) is 2.99. The third-order valence-corrected chi connectivity index (χ3v) is 5.69. The van der Waals surface area contributed by atoms with Crippen LogP contribution in [0, 0.1) is 24.0 Å². The Morgan fingerprint density at radius 1 is 0.900 bits per heavy atom. The van der Waals surface area contributed by atoms with Gasteiger partial charge in [0.2, 0.25) is 0 Å². The molecular weight excluding hydrogens is 382 g/mol. The Kier molecular flexibility index (Phi) is 5.11. The first-order valence-electron chi connectivity index (χ1n) is 10.1. The molecule has 7 heteroatoms. The standard InChI is InChI=1S/C23H23N3O4/c1-15-6-11-19(16(2)14-15)25-22(27)20(17-7-9-18(10-8-17)26(29)30)21(23(25)28)24-12-4-3-5-13-24/h6-11,14H,3-5,12-13H2,1-2H3. The van der Waals surface area contributed by atoms with Crippen LogP contribution in [0.15, 0.2) is 48.2 Å².